The molecule has 0 bridgehead atoms. The minimum atomic E-state index is -1.10. The number of halogens is 2. The lowest BCUT2D eigenvalue weighted by atomic mass is 10.1. The number of carbonyl (C=O) groups excluding carboxylic acids is 1. The first-order valence-corrected chi connectivity index (χ1v) is 4.73. The lowest BCUT2D eigenvalue weighted by Crippen LogP contribution is -2.08. The third-order valence-corrected chi connectivity index (χ3v) is 2.65. The van der Waals surface area contributed by atoms with Crippen molar-refractivity contribution in [3.63, 3.8) is 0 Å². The molecule has 1 aromatic rings. The first-order chi connectivity index (χ1) is 7.50. The van der Waals surface area contributed by atoms with Crippen LogP contribution in [-0.2, 0) is 4.79 Å². The number of carboxylic acid groups (broad SMARTS) is 1. The Bertz CT molecular complexity index is 470. The van der Waals surface area contributed by atoms with Gasteiger partial charge in [-0.25, -0.2) is 8.78 Å². The average Bonchev–Trinajstić information content (AvgIpc) is 3.01. The second kappa shape index (κ2) is 3.66. The second-order valence-electron chi connectivity index (χ2n) is 3.78. The van der Waals surface area contributed by atoms with Gasteiger partial charge >= 0.3 is 5.97 Å². The van der Waals surface area contributed by atoms with Crippen LogP contribution in [0.5, 0.6) is 0 Å². The van der Waals surface area contributed by atoms with E-state index < -0.39 is 35.2 Å². The molecule has 0 spiro atoms. The number of rotatable bonds is 3. The predicted octanol–water partition coefficient (Wildman–Crippen LogP) is 1.87. The fraction of sp³-hybridized carbons (Fsp3) is 0.273. The zero-order valence-electron chi connectivity index (χ0n) is 8.11. The van der Waals surface area contributed by atoms with E-state index in [0.717, 1.165) is 18.2 Å². The summed E-state index contributed by atoms with van der Waals surface area (Å²) in [6.07, 6.45) is 0.271. The van der Waals surface area contributed by atoms with E-state index in [1.165, 1.54) is 0 Å². The van der Waals surface area contributed by atoms with E-state index in [9.17, 15) is 18.4 Å². The quantitative estimate of drug-likeness (QED) is 0.800. The van der Waals surface area contributed by atoms with E-state index in [1.54, 1.807) is 0 Å². The van der Waals surface area contributed by atoms with Crippen molar-refractivity contribution in [1.29, 1.82) is 0 Å². The van der Waals surface area contributed by atoms with Gasteiger partial charge in [0.2, 0.25) is 0 Å². The summed E-state index contributed by atoms with van der Waals surface area (Å²) in [5.74, 6) is -4.87. The molecule has 1 fully saturated rings. The number of carboxylic acids is 1. The predicted molar refractivity (Wildman–Crippen MR) is 49.9 cm³/mol. The summed E-state index contributed by atoms with van der Waals surface area (Å²) < 4.78 is 25.4. The molecule has 3 nitrogen and oxygen atoms in total. The van der Waals surface area contributed by atoms with Crippen molar-refractivity contribution in [3.8, 4) is 0 Å². The molecule has 1 N–H and O–H groups in total. The SMILES string of the molecule is O=C(O)C1CC1C(=O)c1ccc(F)c(F)c1. The second-order valence-corrected chi connectivity index (χ2v) is 3.78. The Morgan fingerprint density at radius 3 is 2.38 bits per heavy atom. The van der Waals surface area contributed by atoms with Crippen LogP contribution in [0.15, 0.2) is 18.2 Å². The van der Waals surface area contributed by atoms with E-state index in [-0.39, 0.29) is 12.0 Å². The van der Waals surface area contributed by atoms with Crippen molar-refractivity contribution in [2.45, 2.75) is 6.42 Å². The van der Waals surface area contributed by atoms with E-state index in [4.69, 9.17) is 5.11 Å². The third-order valence-electron chi connectivity index (χ3n) is 2.65. The number of benzene rings is 1. The molecule has 2 rings (SSSR count). The Labute approximate surface area is 89.7 Å². The maximum atomic E-state index is 12.8. The maximum absolute atomic E-state index is 12.8. The molecular weight excluding hydrogens is 218 g/mol. The fourth-order valence-electron chi connectivity index (χ4n) is 1.62. The van der Waals surface area contributed by atoms with Crippen LogP contribution in [0.2, 0.25) is 0 Å². The highest BCUT2D eigenvalue weighted by atomic mass is 19.2. The van der Waals surface area contributed by atoms with E-state index >= 15 is 0 Å². The van der Waals surface area contributed by atoms with Crippen molar-refractivity contribution >= 4 is 11.8 Å². The summed E-state index contributed by atoms with van der Waals surface area (Å²) in [4.78, 5) is 22.2. The monoisotopic (exact) mass is 226 g/mol. The molecule has 1 aliphatic rings. The number of hydrogen-bond donors (Lipinski definition) is 1. The zero-order chi connectivity index (χ0) is 11.9. The van der Waals surface area contributed by atoms with Crippen LogP contribution in [0.1, 0.15) is 16.8 Å². The summed E-state index contributed by atoms with van der Waals surface area (Å²) in [5, 5.41) is 8.63. The molecule has 2 atom stereocenters. The maximum Gasteiger partial charge on any atom is 0.307 e. The number of aliphatic carboxylic acids is 1. The molecule has 1 saturated carbocycles. The Morgan fingerprint density at radius 2 is 1.88 bits per heavy atom. The minimum absolute atomic E-state index is 0.0210. The van der Waals surface area contributed by atoms with Crippen LogP contribution < -0.4 is 0 Å². The Morgan fingerprint density at radius 1 is 1.19 bits per heavy atom. The standard InChI is InChI=1S/C11H8F2O3/c12-8-2-1-5(3-9(8)13)10(14)6-4-7(6)11(15)16/h1-3,6-7H,4H2,(H,15,16). The van der Waals surface area contributed by atoms with Crippen molar-refractivity contribution in [2.24, 2.45) is 11.8 Å². The third kappa shape index (κ3) is 1.80. The van der Waals surface area contributed by atoms with Crippen LogP contribution in [-0.4, -0.2) is 16.9 Å². The first-order valence-electron chi connectivity index (χ1n) is 4.73. The average molecular weight is 226 g/mol. The minimum Gasteiger partial charge on any atom is -0.481 e. The molecule has 2 unspecified atom stereocenters. The van der Waals surface area contributed by atoms with Crippen molar-refractivity contribution in [3.05, 3.63) is 35.4 Å². The molecule has 0 aliphatic heterocycles. The smallest absolute Gasteiger partial charge is 0.307 e. The van der Waals surface area contributed by atoms with Crippen LogP contribution in [0.25, 0.3) is 0 Å². The highest BCUT2D eigenvalue weighted by Crippen LogP contribution is 2.41. The summed E-state index contributed by atoms with van der Waals surface area (Å²) >= 11 is 0. The molecular formula is C11H8F2O3. The topological polar surface area (TPSA) is 54.4 Å². The molecule has 1 aromatic carbocycles. The van der Waals surface area contributed by atoms with Gasteiger partial charge in [0, 0.05) is 11.5 Å². The lowest BCUT2D eigenvalue weighted by molar-refractivity contribution is -0.138. The van der Waals surface area contributed by atoms with Gasteiger partial charge in [-0.05, 0) is 24.6 Å². The molecule has 0 heterocycles. The molecule has 0 amide bonds. The van der Waals surface area contributed by atoms with Gasteiger partial charge in [-0.1, -0.05) is 0 Å². The van der Waals surface area contributed by atoms with Crippen LogP contribution in [0.3, 0.4) is 0 Å². The van der Waals surface area contributed by atoms with Gasteiger partial charge in [-0.15, -0.1) is 0 Å². The van der Waals surface area contributed by atoms with Crippen molar-refractivity contribution in [1.82, 2.24) is 0 Å². The van der Waals surface area contributed by atoms with Gasteiger partial charge < -0.3 is 5.11 Å². The highest BCUT2D eigenvalue weighted by Gasteiger charge is 2.48. The molecule has 84 valence electrons. The summed E-state index contributed by atoms with van der Waals surface area (Å²) in [5.41, 5.74) is 0.0210. The van der Waals surface area contributed by atoms with Crippen LogP contribution in [0.4, 0.5) is 8.78 Å². The molecule has 1 aliphatic carbocycles. The molecule has 0 saturated heterocycles. The normalized spacial score (nSPS) is 22.9. The Kier molecular flexibility index (Phi) is 2.46. The number of hydrogen-bond acceptors (Lipinski definition) is 2. The van der Waals surface area contributed by atoms with Crippen LogP contribution >= 0.6 is 0 Å². The summed E-state index contributed by atoms with van der Waals surface area (Å²) in [6.45, 7) is 0. The van der Waals surface area contributed by atoms with Crippen LogP contribution in [0, 0.1) is 23.5 Å². The lowest BCUT2D eigenvalue weighted by Gasteiger charge is -1.99. The van der Waals surface area contributed by atoms with Crippen molar-refractivity contribution < 1.29 is 23.5 Å². The van der Waals surface area contributed by atoms with Gasteiger partial charge in [0.25, 0.3) is 0 Å². The van der Waals surface area contributed by atoms with E-state index in [1.807, 2.05) is 0 Å². The van der Waals surface area contributed by atoms with Gasteiger partial charge in [0.1, 0.15) is 0 Å². The fourth-order valence-corrected chi connectivity index (χ4v) is 1.62. The van der Waals surface area contributed by atoms with Gasteiger partial charge in [-0.2, -0.15) is 0 Å². The summed E-state index contributed by atoms with van der Waals surface area (Å²) in [7, 11) is 0. The van der Waals surface area contributed by atoms with Gasteiger partial charge in [-0.3, -0.25) is 9.59 Å². The molecule has 0 aromatic heterocycles. The molecule has 16 heavy (non-hydrogen) atoms. The number of carbonyl (C=O) groups is 2. The van der Waals surface area contributed by atoms with E-state index in [0.29, 0.717) is 0 Å². The Hall–Kier alpha value is -1.78. The number of ketones is 1. The molecule has 5 heteroatoms. The first kappa shape index (κ1) is 10.7. The van der Waals surface area contributed by atoms with Crippen molar-refractivity contribution in [2.75, 3.05) is 0 Å². The summed E-state index contributed by atoms with van der Waals surface area (Å²) in [6, 6.07) is 2.83. The molecule has 0 radical (unpaired) electrons. The van der Waals surface area contributed by atoms with E-state index in [2.05, 4.69) is 0 Å². The van der Waals surface area contributed by atoms with Gasteiger partial charge in [0.15, 0.2) is 17.4 Å². The zero-order valence-corrected chi connectivity index (χ0v) is 8.11. The highest BCUT2D eigenvalue weighted by molar-refractivity contribution is 6.02. The Balaban J connectivity index is 2.17. The van der Waals surface area contributed by atoms with Gasteiger partial charge in [0.05, 0.1) is 5.92 Å². The number of Topliss-reactive ketones (excluding diaryl/α,β-unsaturated/α-hetero) is 1. The largest absolute Gasteiger partial charge is 0.481 e.